The molecular formula is C22H22N4O3S2. The zero-order chi connectivity index (χ0) is 22.4. The number of thiazole rings is 1. The van der Waals surface area contributed by atoms with E-state index in [-0.39, 0.29) is 12.5 Å². The highest BCUT2D eigenvalue weighted by molar-refractivity contribution is 8.00. The maximum absolute atomic E-state index is 12.7. The number of ether oxygens (including phenoxy) is 1. The van der Waals surface area contributed by atoms with Gasteiger partial charge in [0.1, 0.15) is 22.3 Å². The van der Waals surface area contributed by atoms with Crippen molar-refractivity contribution in [1.82, 2.24) is 15.0 Å². The summed E-state index contributed by atoms with van der Waals surface area (Å²) in [5, 5.41) is 3.40. The Hall–Kier alpha value is -3.04. The van der Waals surface area contributed by atoms with E-state index in [2.05, 4.69) is 26.8 Å². The van der Waals surface area contributed by atoms with E-state index < -0.39 is 11.2 Å². The molecule has 0 radical (unpaired) electrons. The third-order valence-corrected chi connectivity index (χ3v) is 6.17. The first-order valence-electron chi connectivity index (χ1n) is 9.51. The summed E-state index contributed by atoms with van der Waals surface area (Å²) in [5.74, 6) is -0.0836. The van der Waals surface area contributed by atoms with Crippen LogP contribution in [0.15, 0.2) is 54.1 Å². The minimum atomic E-state index is -0.484. The molecule has 3 aromatic rings. The van der Waals surface area contributed by atoms with Crippen molar-refractivity contribution in [3.05, 3.63) is 65.4 Å². The van der Waals surface area contributed by atoms with Crippen molar-refractivity contribution in [2.45, 2.75) is 31.0 Å². The second-order valence-electron chi connectivity index (χ2n) is 6.57. The van der Waals surface area contributed by atoms with Gasteiger partial charge in [-0.15, -0.1) is 0 Å². The number of hydrogen-bond acceptors (Lipinski definition) is 8. The molecule has 2 heterocycles. The van der Waals surface area contributed by atoms with Crippen LogP contribution < -0.4 is 5.32 Å². The van der Waals surface area contributed by atoms with Gasteiger partial charge >= 0.3 is 5.97 Å². The number of amides is 1. The summed E-state index contributed by atoms with van der Waals surface area (Å²) < 4.78 is 5.04. The molecule has 1 atom stereocenters. The van der Waals surface area contributed by atoms with E-state index in [1.54, 1.807) is 13.8 Å². The van der Waals surface area contributed by atoms with Crippen LogP contribution >= 0.6 is 23.1 Å². The van der Waals surface area contributed by atoms with Crippen LogP contribution in [0.25, 0.3) is 11.3 Å². The molecule has 0 spiro atoms. The summed E-state index contributed by atoms with van der Waals surface area (Å²) in [6.45, 7) is 8.95. The lowest BCUT2D eigenvalue weighted by Crippen LogP contribution is -2.22. The fraction of sp³-hybridized carbons (Fsp3) is 0.227. The highest BCUT2D eigenvalue weighted by Crippen LogP contribution is 2.28. The number of aromatic nitrogens is 3. The molecule has 0 saturated carbocycles. The van der Waals surface area contributed by atoms with Crippen molar-refractivity contribution in [1.29, 1.82) is 0 Å². The molecular weight excluding hydrogens is 432 g/mol. The Morgan fingerprint density at radius 2 is 1.97 bits per heavy atom. The summed E-state index contributed by atoms with van der Waals surface area (Å²) in [6, 6.07) is 11.7. The van der Waals surface area contributed by atoms with Crippen LogP contribution in [0.1, 0.15) is 28.1 Å². The number of anilines is 1. The Kier molecular flexibility index (Phi) is 7.54. The molecule has 2 aromatic heterocycles. The topological polar surface area (TPSA) is 94.1 Å². The number of thioether (sulfide) groups is 1. The summed E-state index contributed by atoms with van der Waals surface area (Å²) in [4.78, 5) is 38.3. The van der Waals surface area contributed by atoms with E-state index in [1.807, 2.05) is 43.3 Å². The molecule has 31 heavy (non-hydrogen) atoms. The summed E-state index contributed by atoms with van der Waals surface area (Å²) in [7, 11) is 0. The Balaban J connectivity index is 1.68. The van der Waals surface area contributed by atoms with Gasteiger partial charge in [0.2, 0.25) is 5.91 Å². The van der Waals surface area contributed by atoms with Crippen LogP contribution in [0.2, 0.25) is 0 Å². The highest BCUT2D eigenvalue weighted by atomic mass is 32.2. The van der Waals surface area contributed by atoms with Gasteiger partial charge in [-0.1, -0.05) is 66.1 Å². The van der Waals surface area contributed by atoms with Crippen LogP contribution in [0, 0.1) is 13.8 Å². The third kappa shape index (κ3) is 5.99. The minimum absolute atomic E-state index is 0.120. The molecule has 0 aliphatic rings. The molecule has 7 nitrogen and oxygen atoms in total. The van der Waals surface area contributed by atoms with Gasteiger partial charge in [0.05, 0.1) is 16.6 Å². The lowest BCUT2D eigenvalue weighted by Gasteiger charge is -2.11. The van der Waals surface area contributed by atoms with Crippen LogP contribution in [-0.4, -0.2) is 38.7 Å². The first-order chi connectivity index (χ1) is 14.9. The van der Waals surface area contributed by atoms with Gasteiger partial charge < -0.3 is 10.1 Å². The summed E-state index contributed by atoms with van der Waals surface area (Å²) in [5.41, 5.74) is 2.30. The quantitative estimate of drug-likeness (QED) is 0.229. The number of nitrogens with zero attached hydrogens (tertiary/aromatic N) is 3. The molecule has 1 aromatic carbocycles. The molecule has 3 rings (SSSR count). The molecule has 0 aliphatic heterocycles. The Bertz CT molecular complexity index is 1100. The SMILES string of the molecule is C=CCOC(=O)c1sc(NC(=O)C(C)Sc2cc(-c3ccccc3)nc(C)n2)nc1C. The predicted octanol–water partition coefficient (Wildman–Crippen LogP) is 4.68. The Labute approximate surface area is 189 Å². The number of nitrogens with one attached hydrogen (secondary N) is 1. The van der Waals surface area contributed by atoms with E-state index in [1.165, 1.54) is 17.8 Å². The molecule has 1 amide bonds. The van der Waals surface area contributed by atoms with E-state index >= 15 is 0 Å². The van der Waals surface area contributed by atoms with Crippen LogP contribution in [0.5, 0.6) is 0 Å². The smallest absolute Gasteiger partial charge is 0.350 e. The number of aryl methyl sites for hydroxylation is 2. The summed E-state index contributed by atoms with van der Waals surface area (Å²) >= 11 is 2.42. The van der Waals surface area contributed by atoms with Gasteiger partial charge in [-0.05, 0) is 26.8 Å². The van der Waals surface area contributed by atoms with Gasteiger partial charge in [-0.3, -0.25) is 4.79 Å². The first kappa shape index (κ1) is 22.6. The maximum atomic E-state index is 12.7. The first-order valence-corrected chi connectivity index (χ1v) is 11.2. The zero-order valence-corrected chi connectivity index (χ0v) is 19.0. The predicted molar refractivity (Wildman–Crippen MR) is 123 cm³/mol. The normalized spacial score (nSPS) is 11.6. The molecule has 1 N–H and O–H groups in total. The van der Waals surface area contributed by atoms with Crippen LogP contribution in [0.4, 0.5) is 5.13 Å². The van der Waals surface area contributed by atoms with Crippen molar-refractivity contribution in [2.75, 3.05) is 11.9 Å². The molecule has 160 valence electrons. The largest absolute Gasteiger partial charge is 0.457 e. The van der Waals surface area contributed by atoms with Gasteiger partial charge in [0.15, 0.2) is 5.13 Å². The number of carbonyl (C=O) groups is 2. The zero-order valence-electron chi connectivity index (χ0n) is 17.4. The lowest BCUT2D eigenvalue weighted by molar-refractivity contribution is -0.115. The van der Waals surface area contributed by atoms with Crippen molar-refractivity contribution < 1.29 is 14.3 Å². The fourth-order valence-electron chi connectivity index (χ4n) is 2.64. The average Bonchev–Trinajstić information content (AvgIpc) is 3.12. The molecule has 0 bridgehead atoms. The summed E-state index contributed by atoms with van der Waals surface area (Å²) in [6.07, 6.45) is 1.49. The Morgan fingerprint density at radius 1 is 1.23 bits per heavy atom. The molecule has 1 unspecified atom stereocenters. The molecule has 0 aliphatic carbocycles. The van der Waals surface area contributed by atoms with Crippen LogP contribution in [0.3, 0.4) is 0 Å². The van der Waals surface area contributed by atoms with Crippen molar-refractivity contribution in [3.8, 4) is 11.3 Å². The second kappa shape index (κ2) is 10.3. The van der Waals surface area contributed by atoms with Gasteiger partial charge in [0, 0.05) is 5.56 Å². The number of hydrogen-bond donors (Lipinski definition) is 1. The number of rotatable bonds is 8. The highest BCUT2D eigenvalue weighted by Gasteiger charge is 2.21. The van der Waals surface area contributed by atoms with E-state index in [0.29, 0.717) is 26.6 Å². The number of esters is 1. The van der Waals surface area contributed by atoms with E-state index in [4.69, 9.17) is 4.74 Å². The van der Waals surface area contributed by atoms with Gasteiger partial charge in [-0.2, -0.15) is 0 Å². The van der Waals surface area contributed by atoms with E-state index in [0.717, 1.165) is 22.6 Å². The standard InChI is InChI=1S/C22H22N4O3S2/c1-5-11-29-21(28)19-13(2)23-22(31-19)26-20(27)14(3)30-18-12-17(24-15(4)25-18)16-9-7-6-8-10-16/h5-10,12,14H,1,11H2,2-4H3,(H,23,26,27). The second-order valence-corrected chi connectivity index (χ2v) is 8.93. The molecule has 0 saturated heterocycles. The van der Waals surface area contributed by atoms with Gasteiger partial charge in [-0.25, -0.2) is 19.7 Å². The molecule has 0 fully saturated rings. The Morgan fingerprint density at radius 3 is 2.68 bits per heavy atom. The minimum Gasteiger partial charge on any atom is -0.457 e. The molecule has 9 heteroatoms. The van der Waals surface area contributed by atoms with Crippen molar-refractivity contribution in [3.63, 3.8) is 0 Å². The fourth-order valence-corrected chi connectivity index (χ4v) is 4.39. The lowest BCUT2D eigenvalue weighted by atomic mass is 10.1. The van der Waals surface area contributed by atoms with Gasteiger partial charge in [0.25, 0.3) is 0 Å². The maximum Gasteiger partial charge on any atom is 0.350 e. The monoisotopic (exact) mass is 454 g/mol. The third-order valence-electron chi connectivity index (χ3n) is 4.10. The van der Waals surface area contributed by atoms with Crippen molar-refractivity contribution >= 4 is 40.1 Å². The van der Waals surface area contributed by atoms with Crippen LogP contribution in [-0.2, 0) is 9.53 Å². The average molecular weight is 455 g/mol. The number of carbonyl (C=O) groups excluding carboxylic acids is 2. The van der Waals surface area contributed by atoms with Crippen molar-refractivity contribution in [2.24, 2.45) is 0 Å². The number of benzene rings is 1. The van der Waals surface area contributed by atoms with E-state index in [9.17, 15) is 9.59 Å².